The van der Waals surface area contributed by atoms with Gasteiger partial charge in [-0.25, -0.2) is 0 Å². The minimum Gasteiger partial charge on any atom is -0.497 e. The molecule has 6 heteroatoms. The number of methoxy groups -OCH3 is 1. The summed E-state index contributed by atoms with van der Waals surface area (Å²) in [6, 6.07) is 7.10. The third kappa shape index (κ3) is 4.11. The molecule has 5 nitrogen and oxygen atoms in total. The molecule has 2 heterocycles. The van der Waals surface area contributed by atoms with Gasteiger partial charge in [0.1, 0.15) is 5.75 Å². The Balaban J connectivity index is 1.74. The third-order valence-electron chi connectivity index (χ3n) is 4.97. The van der Waals surface area contributed by atoms with Crippen LogP contribution in [0, 0.1) is 12.8 Å². The summed E-state index contributed by atoms with van der Waals surface area (Å²) in [5.41, 5.74) is 2.09. The van der Waals surface area contributed by atoms with Gasteiger partial charge in [0.05, 0.1) is 17.6 Å². The quantitative estimate of drug-likeness (QED) is 0.730. The molecular formula is C21H23NO4S. The molecule has 0 spiro atoms. The van der Waals surface area contributed by atoms with Crippen LogP contribution < -0.4 is 4.74 Å². The molecule has 1 aliphatic heterocycles. The Kier molecular flexibility index (Phi) is 5.75. The molecule has 3 rings (SSSR count). The van der Waals surface area contributed by atoms with Gasteiger partial charge in [-0.15, -0.1) is 11.3 Å². The monoisotopic (exact) mass is 385 g/mol. The number of piperidine rings is 1. The lowest BCUT2D eigenvalue weighted by Crippen LogP contribution is -2.42. The molecule has 142 valence electrons. The van der Waals surface area contributed by atoms with Crippen molar-refractivity contribution in [2.24, 2.45) is 5.92 Å². The summed E-state index contributed by atoms with van der Waals surface area (Å²) in [5.74, 6) is 0.440. The van der Waals surface area contributed by atoms with Crippen LogP contribution in [0.4, 0.5) is 0 Å². The highest BCUT2D eigenvalue weighted by molar-refractivity contribution is 7.12. The van der Waals surface area contributed by atoms with E-state index in [9.17, 15) is 14.4 Å². The fraction of sp³-hybridized carbons (Fsp3) is 0.381. The van der Waals surface area contributed by atoms with Crippen molar-refractivity contribution in [3.8, 4) is 5.75 Å². The Bertz CT molecular complexity index is 886. The molecule has 0 aliphatic carbocycles. The maximum absolute atomic E-state index is 13.0. The van der Waals surface area contributed by atoms with Crippen LogP contribution in [0.25, 0.3) is 0 Å². The number of carbonyl (C=O) groups is 3. The molecule has 1 saturated heterocycles. The van der Waals surface area contributed by atoms with E-state index in [0.717, 1.165) is 24.2 Å². The average Bonchev–Trinajstić information content (AvgIpc) is 3.17. The van der Waals surface area contributed by atoms with Crippen LogP contribution in [0.3, 0.4) is 0 Å². The second kappa shape index (κ2) is 8.05. The van der Waals surface area contributed by atoms with Crippen molar-refractivity contribution in [2.75, 3.05) is 20.2 Å². The van der Waals surface area contributed by atoms with E-state index in [2.05, 4.69) is 0 Å². The number of aryl methyl sites for hydroxylation is 1. The summed E-state index contributed by atoms with van der Waals surface area (Å²) in [5, 5.41) is 1.72. The molecule has 2 aromatic rings. The summed E-state index contributed by atoms with van der Waals surface area (Å²) in [6.07, 6.45) is 1.57. The summed E-state index contributed by atoms with van der Waals surface area (Å²) in [7, 11) is 1.60. The van der Waals surface area contributed by atoms with Gasteiger partial charge >= 0.3 is 0 Å². The molecular weight excluding hydrogens is 362 g/mol. The van der Waals surface area contributed by atoms with E-state index >= 15 is 0 Å². The maximum atomic E-state index is 13.0. The van der Waals surface area contributed by atoms with Gasteiger partial charge in [-0.2, -0.15) is 0 Å². The van der Waals surface area contributed by atoms with Crippen molar-refractivity contribution >= 4 is 28.8 Å². The van der Waals surface area contributed by atoms with Crippen molar-refractivity contribution < 1.29 is 19.1 Å². The van der Waals surface area contributed by atoms with E-state index in [4.69, 9.17) is 4.74 Å². The van der Waals surface area contributed by atoms with E-state index in [1.165, 1.54) is 18.3 Å². The van der Waals surface area contributed by atoms with Gasteiger partial charge in [-0.1, -0.05) is 0 Å². The zero-order valence-corrected chi connectivity index (χ0v) is 16.6. The van der Waals surface area contributed by atoms with Crippen LogP contribution in [0.1, 0.15) is 55.7 Å². The van der Waals surface area contributed by atoms with Crippen molar-refractivity contribution in [1.29, 1.82) is 0 Å². The molecule has 0 bridgehead atoms. The van der Waals surface area contributed by atoms with E-state index in [1.54, 1.807) is 35.6 Å². The number of ketones is 2. The minimum absolute atomic E-state index is 0.0410. The highest BCUT2D eigenvalue weighted by Crippen LogP contribution is 2.26. The zero-order valence-electron chi connectivity index (χ0n) is 15.8. The number of amides is 1. The number of carbonyl (C=O) groups excluding carboxylic acids is 3. The molecule has 27 heavy (non-hydrogen) atoms. The van der Waals surface area contributed by atoms with Gasteiger partial charge in [0.25, 0.3) is 5.91 Å². The first-order chi connectivity index (χ1) is 12.9. The molecule has 1 fully saturated rings. The smallest absolute Gasteiger partial charge is 0.254 e. The Hall–Kier alpha value is -2.47. The van der Waals surface area contributed by atoms with Gasteiger partial charge in [0, 0.05) is 30.0 Å². The largest absolute Gasteiger partial charge is 0.497 e. The average molecular weight is 385 g/mol. The standard InChI is InChI=1S/C21H23NO4S/c1-13-9-17(26-3)6-7-18(13)20(24)15-5-4-8-22(11-15)21(25)16-10-19(14(2)23)27-12-16/h6-7,9-10,12,15H,4-5,8,11H2,1-3H3/t15-/m0/s1. The third-order valence-corrected chi connectivity index (χ3v) is 6.00. The van der Waals surface area contributed by atoms with Crippen molar-refractivity contribution in [2.45, 2.75) is 26.7 Å². The second-order valence-corrected chi connectivity index (χ2v) is 7.80. The predicted octanol–water partition coefficient (Wildman–Crippen LogP) is 4.00. The molecule has 1 atom stereocenters. The Labute approximate surface area is 162 Å². The lowest BCUT2D eigenvalue weighted by Gasteiger charge is -2.32. The van der Waals surface area contributed by atoms with Gasteiger partial charge in [0.2, 0.25) is 0 Å². The number of nitrogens with zero attached hydrogens (tertiary/aromatic N) is 1. The Morgan fingerprint density at radius 2 is 2.00 bits per heavy atom. The molecule has 1 aliphatic rings. The first-order valence-corrected chi connectivity index (χ1v) is 9.86. The molecule has 0 N–H and O–H groups in total. The zero-order chi connectivity index (χ0) is 19.6. The fourth-order valence-electron chi connectivity index (χ4n) is 3.45. The fourth-order valence-corrected chi connectivity index (χ4v) is 4.23. The lowest BCUT2D eigenvalue weighted by molar-refractivity contribution is 0.0637. The number of rotatable bonds is 5. The first kappa shape index (κ1) is 19.3. The van der Waals surface area contributed by atoms with E-state index in [-0.39, 0.29) is 23.4 Å². The summed E-state index contributed by atoms with van der Waals surface area (Å²) in [4.78, 5) is 39.6. The predicted molar refractivity (Wildman–Crippen MR) is 105 cm³/mol. The van der Waals surface area contributed by atoms with Crippen molar-refractivity contribution in [3.63, 3.8) is 0 Å². The second-order valence-electron chi connectivity index (χ2n) is 6.89. The lowest BCUT2D eigenvalue weighted by atomic mass is 9.88. The highest BCUT2D eigenvalue weighted by atomic mass is 32.1. The van der Waals surface area contributed by atoms with E-state index in [0.29, 0.717) is 29.1 Å². The molecule has 1 aromatic carbocycles. The Morgan fingerprint density at radius 1 is 1.22 bits per heavy atom. The van der Waals surface area contributed by atoms with E-state index < -0.39 is 0 Å². The Morgan fingerprint density at radius 3 is 2.63 bits per heavy atom. The van der Waals surface area contributed by atoms with Crippen LogP contribution in [-0.2, 0) is 0 Å². The molecule has 0 radical (unpaired) electrons. The van der Waals surface area contributed by atoms with Gasteiger partial charge in [-0.05, 0) is 56.5 Å². The number of likely N-dealkylation sites (tertiary alicyclic amines) is 1. The number of ether oxygens (including phenoxy) is 1. The molecule has 1 amide bonds. The minimum atomic E-state index is -0.208. The molecule has 0 saturated carbocycles. The van der Waals surface area contributed by atoms with Gasteiger partial charge in [0.15, 0.2) is 11.6 Å². The van der Waals surface area contributed by atoms with Crippen molar-refractivity contribution in [1.82, 2.24) is 4.90 Å². The number of hydrogen-bond donors (Lipinski definition) is 0. The summed E-state index contributed by atoms with van der Waals surface area (Å²) in [6.45, 7) is 4.44. The number of hydrogen-bond acceptors (Lipinski definition) is 5. The van der Waals surface area contributed by atoms with E-state index in [1.807, 2.05) is 13.0 Å². The number of benzene rings is 1. The SMILES string of the molecule is COc1ccc(C(=O)[C@H]2CCCN(C(=O)c3csc(C(C)=O)c3)C2)c(C)c1. The normalized spacial score (nSPS) is 16.9. The first-order valence-electron chi connectivity index (χ1n) is 8.98. The number of thiophene rings is 1. The van der Waals surface area contributed by atoms with Crippen molar-refractivity contribution in [3.05, 3.63) is 51.2 Å². The highest BCUT2D eigenvalue weighted by Gasteiger charge is 2.30. The topological polar surface area (TPSA) is 63.7 Å². The summed E-state index contributed by atoms with van der Waals surface area (Å²) >= 11 is 1.28. The van der Waals surface area contributed by atoms with Crippen LogP contribution in [-0.4, -0.2) is 42.6 Å². The molecule has 1 aromatic heterocycles. The maximum Gasteiger partial charge on any atom is 0.254 e. The van der Waals surface area contributed by atoms with Gasteiger partial charge in [-0.3, -0.25) is 14.4 Å². The molecule has 0 unspecified atom stereocenters. The van der Waals surface area contributed by atoms with Crippen LogP contribution in [0.2, 0.25) is 0 Å². The summed E-state index contributed by atoms with van der Waals surface area (Å²) < 4.78 is 5.20. The van der Waals surface area contributed by atoms with Gasteiger partial charge < -0.3 is 9.64 Å². The van der Waals surface area contributed by atoms with Crippen LogP contribution in [0.15, 0.2) is 29.6 Å². The van der Waals surface area contributed by atoms with Crippen LogP contribution in [0.5, 0.6) is 5.75 Å². The van der Waals surface area contributed by atoms with Crippen LogP contribution >= 0.6 is 11.3 Å². The number of Topliss-reactive ketones (excluding diaryl/α,β-unsaturated/α-hetero) is 2.